The van der Waals surface area contributed by atoms with Crippen molar-refractivity contribution in [2.75, 3.05) is 0 Å². The van der Waals surface area contributed by atoms with E-state index in [2.05, 4.69) is 26.1 Å². The van der Waals surface area contributed by atoms with Crippen LogP contribution in [0.1, 0.15) is 97.8 Å². The van der Waals surface area contributed by atoms with Crippen LogP contribution in [0.3, 0.4) is 0 Å². The van der Waals surface area contributed by atoms with Crippen LogP contribution in [0.4, 0.5) is 0 Å². The Bertz CT molecular complexity index is 345. The summed E-state index contributed by atoms with van der Waals surface area (Å²) in [4.78, 5) is 22.2. The fourth-order valence-corrected chi connectivity index (χ4v) is 3.10. The molecule has 0 amide bonds. The maximum absolute atomic E-state index is 11.5. The third-order valence-corrected chi connectivity index (χ3v) is 4.63. The summed E-state index contributed by atoms with van der Waals surface area (Å²) in [6.07, 6.45) is 11.1. The number of carboxylic acids is 2. The van der Waals surface area contributed by atoms with Gasteiger partial charge in [-0.3, -0.25) is 14.9 Å². The van der Waals surface area contributed by atoms with Gasteiger partial charge < -0.3 is 10.2 Å². The molecule has 3 N–H and O–H groups in total. The van der Waals surface area contributed by atoms with Gasteiger partial charge in [-0.25, -0.2) is 0 Å². The molecule has 0 aliphatic carbocycles. The molecule has 5 nitrogen and oxygen atoms in total. The number of aliphatic carboxylic acids is 2. The lowest BCUT2D eigenvalue weighted by Gasteiger charge is -2.34. The van der Waals surface area contributed by atoms with Gasteiger partial charge in [0.1, 0.15) is 6.04 Å². The SMILES string of the molecule is CCCCCCC(C)(CCCCCC)N[C@H](CCC(=O)O)C(=O)O. The molecule has 0 aromatic heterocycles. The van der Waals surface area contributed by atoms with Crippen molar-refractivity contribution < 1.29 is 19.8 Å². The third-order valence-electron chi connectivity index (χ3n) is 4.63. The normalized spacial score (nSPS) is 13.0. The van der Waals surface area contributed by atoms with E-state index in [0.29, 0.717) is 0 Å². The minimum atomic E-state index is -0.954. The zero-order valence-electron chi connectivity index (χ0n) is 15.8. The molecule has 0 rings (SSSR count). The summed E-state index contributed by atoms with van der Waals surface area (Å²) >= 11 is 0. The zero-order valence-corrected chi connectivity index (χ0v) is 15.8. The first-order valence-corrected chi connectivity index (χ1v) is 9.57. The van der Waals surface area contributed by atoms with Crippen molar-refractivity contribution in [2.45, 2.75) is 109 Å². The van der Waals surface area contributed by atoms with E-state index in [1.54, 1.807) is 0 Å². The Balaban J connectivity index is 4.70. The number of hydrogen-bond acceptors (Lipinski definition) is 3. The second-order valence-corrected chi connectivity index (χ2v) is 7.15. The minimum Gasteiger partial charge on any atom is -0.481 e. The summed E-state index contributed by atoms with van der Waals surface area (Å²) in [5.41, 5.74) is -0.233. The van der Waals surface area contributed by atoms with Gasteiger partial charge in [0.05, 0.1) is 0 Å². The molecule has 0 unspecified atom stereocenters. The molecule has 0 fully saturated rings. The van der Waals surface area contributed by atoms with Crippen molar-refractivity contribution in [3.8, 4) is 0 Å². The standard InChI is InChI=1S/C19H37NO4/c1-4-6-8-10-14-19(3,15-11-9-7-5-2)20-16(18(23)24)12-13-17(21)22/h16,20H,4-15H2,1-3H3,(H,21,22)(H,23,24)/t16-/m1/s1. The molecular weight excluding hydrogens is 306 g/mol. The Labute approximate surface area is 147 Å². The molecule has 0 heterocycles. The molecule has 24 heavy (non-hydrogen) atoms. The molecule has 142 valence electrons. The number of rotatable bonds is 16. The predicted molar refractivity (Wildman–Crippen MR) is 97.4 cm³/mol. The molecule has 5 heteroatoms. The van der Waals surface area contributed by atoms with E-state index in [1.165, 1.54) is 25.7 Å². The summed E-state index contributed by atoms with van der Waals surface area (Å²) in [7, 11) is 0. The maximum atomic E-state index is 11.5. The highest BCUT2D eigenvalue weighted by Gasteiger charge is 2.30. The average molecular weight is 344 g/mol. The molecule has 0 aliphatic heterocycles. The second kappa shape index (κ2) is 13.2. The lowest BCUT2D eigenvalue weighted by Crippen LogP contribution is -2.51. The summed E-state index contributed by atoms with van der Waals surface area (Å²) in [5.74, 6) is -1.90. The van der Waals surface area contributed by atoms with E-state index in [4.69, 9.17) is 5.11 Å². The van der Waals surface area contributed by atoms with Crippen molar-refractivity contribution in [1.29, 1.82) is 0 Å². The van der Waals surface area contributed by atoms with Gasteiger partial charge in [-0.1, -0.05) is 65.2 Å². The van der Waals surface area contributed by atoms with Crippen LogP contribution in [-0.2, 0) is 9.59 Å². The molecule has 0 aliphatic rings. The Morgan fingerprint density at radius 2 is 1.42 bits per heavy atom. The van der Waals surface area contributed by atoms with E-state index in [9.17, 15) is 14.7 Å². The van der Waals surface area contributed by atoms with Crippen LogP contribution in [-0.4, -0.2) is 33.7 Å². The molecule has 1 atom stereocenters. The molecule has 0 saturated heterocycles. The predicted octanol–water partition coefficient (Wildman–Crippen LogP) is 4.59. The largest absolute Gasteiger partial charge is 0.481 e. The van der Waals surface area contributed by atoms with Crippen LogP contribution in [0.2, 0.25) is 0 Å². The van der Waals surface area contributed by atoms with Gasteiger partial charge >= 0.3 is 11.9 Å². The van der Waals surface area contributed by atoms with Gasteiger partial charge in [0.15, 0.2) is 0 Å². The molecule has 0 aromatic carbocycles. The van der Waals surface area contributed by atoms with E-state index in [-0.39, 0.29) is 18.4 Å². The number of carboxylic acid groups (broad SMARTS) is 2. The second-order valence-electron chi connectivity index (χ2n) is 7.15. The summed E-state index contributed by atoms with van der Waals surface area (Å²) in [5, 5.41) is 21.5. The number of carbonyl (C=O) groups is 2. The first kappa shape index (κ1) is 22.9. The smallest absolute Gasteiger partial charge is 0.320 e. The summed E-state index contributed by atoms with van der Waals surface area (Å²) in [6.45, 7) is 6.45. The molecule has 0 radical (unpaired) electrons. The number of hydrogen-bond donors (Lipinski definition) is 3. The average Bonchev–Trinajstić information content (AvgIpc) is 2.52. The highest BCUT2D eigenvalue weighted by molar-refractivity contribution is 5.75. The molecule has 0 spiro atoms. The van der Waals surface area contributed by atoms with Crippen LogP contribution in [0.25, 0.3) is 0 Å². The van der Waals surface area contributed by atoms with E-state index < -0.39 is 18.0 Å². The van der Waals surface area contributed by atoms with Crippen LogP contribution < -0.4 is 5.32 Å². The molecule has 0 saturated carbocycles. The fraction of sp³-hybridized carbons (Fsp3) is 0.895. The minimum absolute atomic E-state index is 0.119. The lowest BCUT2D eigenvalue weighted by atomic mass is 9.87. The van der Waals surface area contributed by atoms with Gasteiger partial charge in [0.2, 0.25) is 0 Å². The first-order valence-electron chi connectivity index (χ1n) is 9.57. The number of nitrogens with one attached hydrogen (secondary N) is 1. The van der Waals surface area contributed by atoms with Crippen LogP contribution in [0.5, 0.6) is 0 Å². The van der Waals surface area contributed by atoms with Gasteiger partial charge in [0.25, 0.3) is 0 Å². The Morgan fingerprint density at radius 1 is 0.917 bits per heavy atom. The third kappa shape index (κ3) is 11.4. The lowest BCUT2D eigenvalue weighted by molar-refractivity contribution is -0.141. The van der Waals surface area contributed by atoms with Gasteiger partial charge in [-0.15, -0.1) is 0 Å². The summed E-state index contributed by atoms with van der Waals surface area (Å²) in [6, 6.07) is -0.788. The zero-order chi connectivity index (χ0) is 18.4. The Hall–Kier alpha value is -1.10. The first-order chi connectivity index (χ1) is 11.3. The maximum Gasteiger partial charge on any atom is 0.320 e. The highest BCUT2D eigenvalue weighted by Crippen LogP contribution is 2.24. The van der Waals surface area contributed by atoms with Gasteiger partial charge in [0, 0.05) is 12.0 Å². The number of unbranched alkanes of at least 4 members (excludes halogenated alkanes) is 6. The monoisotopic (exact) mass is 343 g/mol. The van der Waals surface area contributed by atoms with Crippen LogP contribution in [0.15, 0.2) is 0 Å². The Kier molecular flexibility index (Phi) is 12.6. The van der Waals surface area contributed by atoms with Crippen molar-refractivity contribution in [3.63, 3.8) is 0 Å². The van der Waals surface area contributed by atoms with Crippen LogP contribution in [0, 0.1) is 0 Å². The van der Waals surface area contributed by atoms with Gasteiger partial charge in [-0.2, -0.15) is 0 Å². The van der Waals surface area contributed by atoms with E-state index in [0.717, 1.165) is 38.5 Å². The van der Waals surface area contributed by atoms with Gasteiger partial charge in [-0.05, 0) is 26.2 Å². The molecule has 0 bridgehead atoms. The fourth-order valence-electron chi connectivity index (χ4n) is 3.10. The molecular formula is C19H37NO4. The van der Waals surface area contributed by atoms with Crippen molar-refractivity contribution in [1.82, 2.24) is 5.32 Å². The van der Waals surface area contributed by atoms with Crippen molar-refractivity contribution in [2.24, 2.45) is 0 Å². The van der Waals surface area contributed by atoms with Crippen LogP contribution >= 0.6 is 0 Å². The Morgan fingerprint density at radius 3 is 1.79 bits per heavy atom. The van der Waals surface area contributed by atoms with E-state index in [1.807, 2.05) is 0 Å². The van der Waals surface area contributed by atoms with Crippen molar-refractivity contribution in [3.05, 3.63) is 0 Å². The highest BCUT2D eigenvalue weighted by atomic mass is 16.4. The topological polar surface area (TPSA) is 86.6 Å². The molecule has 0 aromatic rings. The van der Waals surface area contributed by atoms with E-state index >= 15 is 0 Å². The van der Waals surface area contributed by atoms with Crippen molar-refractivity contribution >= 4 is 11.9 Å². The quantitative estimate of drug-likeness (QED) is 0.357. The summed E-state index contributed by atoms with van der Waals surface area (Å²) < 4.78 is 0.